The fourth-order valence-corrected chi connectivity index (χ4v) is 3.52. The fourth-order valence-electron chi connectivity index (χ4n) is 3.52. The maximum absolute atomic E-state index is 13.1. The summed E-state index contributed by atoms with van der Waals surface area (Å²) >= 11 is 0. The van der Waals surface area contributed by atoms with Crippen LogP contribution in [0, 0.1) is 5.92 Å². The summed E-state index contributed by atoms with van der Waals surface area (Å²) in [6, 6.07) is 23.4. The molecule has 1 heterocycles. The molecular weight excluding hydrogens is 334 g/mol. The Labute approximate surface area is 158 Å². The van der Waals surface area contributed by atoms with Gasteiger partial charge in [-0.1, -0.05) is 60.7 Å². The van der Waals surface area contributed by atoms with Gasteiger partial charge in [-0.15, -0.1) is 0 Å². The summed E-state index contributed by atoms with van der Waals surface area (Å²) < 4.78 is 0. The van der Waals surface area contributed by atoms with E-state index >= 15 is 0 Å². The molecule has 27 heavy (non-hydrogen) atoms. The molecule has 0 bridgehead atoms. The van der Waals surface area contributed by atoms with Crippen molar-refractivity contribution in [3.05, 3.63) is 96.3 Å². The summed E-state index contributed by atoms with van der Waals surface area (Å²) in [4.78, 5) is 29.6. The Morgan fingerprint density at radius 3 is 2.19 bits per heavy atom. The second-order valence-corrected chi connectivity index (χ2v) is 6.77. The number of Topliss-reactive ketones (excluding diaryl/α,β-unsaturated/α-hetero) is 1. The normalized spacial score (nSPS) is 16.7. The SMILES string of the molecule is O=C1C=C(c2ccccc2)CC(C(=O)c2cc(-c3ccccc3)ccn2)C1. The second-order valence-electron chi connectivity index (χ2n) is 6.77. The van der Waals surface area contributed by atoms with Crippen LogP contribution < -0.4 is 0 Å². The molecule has 1 aliphatic rings. The van der Waals surface area contributed by atoms with E-state index in [1.165, 1.54) is 0 Å². The number of benzene rings is 2. The molecule has 0 N–H and O–H groups in total. The number of hydrogen-bond acceptors (Lipinski definition) is 3. The van der Waals surface area contributed by atoms with Crippen LogP contribution in [0.2, 0.25) is 0 Å². The van der Waals surface area contributed by atoms with Crippen LogP contribution in [0.3, 0.4) is 0 Å². The molecule has 132 valence electrons. The summed E-state index contributed by atoms with van der Waals surface area (Å²) in [7, 11) is 0. The molecule has 3 aromatic rings. The molecule has 0 fully saturated rings. The first kappa shape index (κ1) is 17.1. The van der Waals surface area contributed by atoms with Crippen LogP contribution >= 0.6 is 0 Å². The third-order valence-electron chi connectivity index (χ3n) is 4.88. The summed E-state index contributed by atoms with van der Waals surface area (Å²) in [5.41, 5.74) is 4.33. The Balaban J connectivity index is 1.60. The fraction of sp³-hybridized carbons (Fsp3) is 0.125. The molecule has 2 aromatic carbocycles. The van der Waals surface area contributed by atoms with E-state index in [-0.39, 0.29) is 23.9 Å². The second kappa shape index (κ2) is 7.50. The highest BCUT2D eigenvalue weighted by Crippen LogP contribution is 2.31. The van der Waals surface area contributed by atoms with Crippen LogP contribution in [0.15, 0.2) is 85.1 Å². The van der Waals surface area contributed by atoms with E-state index < -0.39 is 0 Å². The lowest BCUT2D eigenvalue weighted by Gasteiger charge is -2.21. The lowest BCUT2D eigenvalue weighted by molar-refractivity contribution is -0.115. The summed E-state index contributed by atoms with van der Waals surface area (Å²) in [6.45, 7) is 0. The van der Waals surface area contributed by atoms with Gasteiger partial charge in [0, 0.05) is 18.5 Å². The zero-order valence-corrected chi connectivity index (χ0v) is 14.8. The number of allylic oxidation sites excluding steroid dienone is 2. The standard InChI is InChI=1S/C24H19NO2/c26-22-14-20(18-9-5-2-6-10-18)13-21(15-22)24(27)23-16-19(11-12-25-23)17-7-3-1-4-8-17/h1-12,14,16,21H,13,15H2. The van der Waals surface area contributed by atoms with Crippen LogP contribution in [-0.2, 0) is 4.79 Å². The molecule has 0 spiro atoms. The van der Waals surface area contributed by atoms with Crippen LogP contribution in [0.1, 0.15) is 28.9 Å². The number of pyridine rings is 1. The molecule has 0 saturated carbocycles. The van der Waals surface area contributed by atoms with Gasteiger partial charge in [-0.05, 0) is 46.9 Å². The van der Waals surface area contributed by atoms with Gasteiger partial charge in [0.05, 0.1) is 0 Å². The maximum atomic E-state index is 13.1. The Morgan fingerprint density at radius 2 is 1.48 bits per heavy atom. The predicted octanol–water partition coefficient (Wildman–Crippen LogP) is 4.99. The lowest BCUT2D eigenvalue weighted by Crippen LogP contribution is -2.23. The minimum Gasteiger partial charge on any atom is -0.295 e. The molecule has 0 radical (unpaired) electrons. The number of rotatable bonds is 4. The van der Waals surface area contributed by atoms with Crippen molar-refractivity contribution in [2.45, 2.75) is 12.8 Å². The van der Waals surface area contributed by atoms with Gasteiger partial charge in [-0.2, -0.15) is 0 Å². The zero-order chi connectivity index (χ0) is 18.6. The van der Waals surface area contributed by atoms with E-state index in [1.807, 2.05) is 72.8 Å². The largest absolute Gasteiger partial charge is 0.295 e. The van der Waals surface area contributed by atoms with Crippen molar-refractivity contribution in [2.75, 3.05) is 0 Å². The van der Waals surface area contributed by atoms with E-state index in [0.29, 0.717) is 12.1 Å². The first-order valence-electron chi connectivity index (χ1n) is 9.05. The van der Waals surface area contributed by atoms with Crippen molar-refractivity contribution in [1.82, 2.24) is 4.98 Å². The number of carbonyl (C=O) groups is 2. The van der Waals surface area contributed by atoms with Crippen molar-refractivity contribution in [2.24, 2.45) is 5.92 Å². The van der Waals surface area contributed by atoms with Crippen molar-refractivity contribution in [3.63, 3.8) is 0 Å². The Kier molecular flexibility index (Phi) is 4.75. The van der Waals surface area contributed by atoms with E-state index in [4.69, 9.17) is 0 Å². The number of carbonyl (C=O) groups excluding carboxylic acids is 2. The van der Waals surface area contributed by atoms with E-state index in [9.17, 15) is 9.59 Å². The Morgan fingerprint density at radius 1 is 0.815 bits per heavy atom. The van der Waals surface area contributed by atoms with Gasteiger partial charge in [0.1, 0.15) is 5.69 Å². The molecular formula is C24H19NO2. The average Bonchev–Trinajstić information content (AvgIpc) is 2.74. The van der Waals surface area contributed by atoms with Gasteiger partial charge in [0.25, 0.3) is 0 Å². The number of hydrogen-bond donors (Lipinski definition) is 0. The molecule has 1 aliphatic carbocycles. The van der Waals surface area contributed by atoms with E-state index in [0.717, 1.165) is 22.3 Å². The summed E-state index contributed by atoms with van der Waals surface area (Å²) in [6.07, 6.45) is 4.14. The molecule has 0 aliphatic heterocycles. The van der Waals surface area contributed by atoms with Gasteiger partial charge in [-0.3, -0.25) is 14.6 Å². The molecule has 4 rings (SSSR count). The minimum absolute atomic E-state index is 0.00216. The third-order valence-corrected chi connectivity index (χ3v) is 4.88. The average molecular weight is 353 g/mol. The van der Waals surface area contributed by atoms with Crippen LogP contribution in [0.4, 0.5) is 0 Å². The highest BCUT2D eigenvalue weighted by atomic mass is 16.1. The van der Waals surface area contributed by atoms with E-state index in [1.54, 1.807) is 12.3 Å². The van der Waals surface area contributed by atoms with Crippen LogP contribution in [0.25, 0.3) is 16.7 Å². The van der Waals surface area contributed by atoms with Crippen molar-refractivity contribution < 1.29 is 9.59 Å². The van der Waals surface area contributed by atoms with Crippen molar-refractivity contribution in [1.29, 1.82) is 0 Å². The van der Waals surface area contributed by atoms with Gasteiger partial charge in [0.2, 0.25) is 0 Å². The number of ketones is 2. The maximum Gasteiger partial charge on any atom is 0.185 e. The third kappa shape index (κ3) is 3.77. The zero-order valence-electron chi connectivity index (χ0n) is 14.8. The van der Waals surface area contributed by atoms with Gasteiger partial charge in [0.15, 0.2) is 11.6 Å². The van der Waals surface area contributed by atoms with Crippen LogP contribution in [-0.4, -0.2) is 16.6 Å². The molecule has 1 unspecified atom stereocenters. The molecule has 0 amide bonds. The highest BCUT2D eigenvalue weighted by Gasteiger charge is 2.28. The van der Waals surface area contributed by atoms with Gasteiger partial charge in [-0.25, -0.2) is 0 Å². The Hall–Kier alpha value is -3.33. The van der Waals surface area contributed by atoms with Crippen molar-refractivity contribution >= 4 is 17.1 Å². The first-order chi connectivity index (χ1) is 13.2. The highest BCUT2D eigenvalue weighted by molar-refractivity contribution is 6.06. The monoisotopic (exact) mass is 353 g/mol. The number of aromatic nitrogens is 1. The summed E-state index contributed by atoms with van der Waals surface area (Å²) in [5.74, 6) is -0.434. The van der Waals surface area contributed by atoms with Crippen LogP contribution in [0.5, 0.6) is 0 Å². The quantitative estimate of drug-likeness (QED) is 0.621. The minimum atomic E-state index is -0.365. The lowest BCUT2D eigenvalue weighted by atomic mass is 9.81. The molecule has 1 atom stereocenters. The molecule has 3 heteroatoms. The predicted molar refractivity (Wildman–Crippen MR) is 106 cm³/mol. The molecule has 0 saturated heterocycles. The molecule has 3 nitrogen and oxygen atoms in total. The Bertz CT molecular complexity index is 1010. The first-order valence-corrected chi connectivity index (χ1v) is 9.05. The van der Waals surface area contributed by atoms with Gasteiger partial charge < -0.3 is 0 Å². The number of nitrogens with zero attached hydrogens (tertiary/aromatic N) is 1. The molecule has 1 aromatic heterocycles. The van der Waals surface area contributed by atoms with Crippen molar-refractivity contribution in [3.8, 4) is 11.1 Å². The topological polar surface area (TPSA) is 47.0 Å². The summed E-state index contributed by atoms with van der Waals surface area (Å²) in [5, 5.41) is 0. The van der Waals surface area contributed by atoms with Gasteiger partial charge >= 0.3 is 0 Å². The van der Waals surface area contributed by atoms with E-state index in [2.05, 4.69) is 4.98 Å². The smallest absolute Gasteiger partial charge is 0.185 e.